The predicted octanol–water partition coefficient (Wildman–Crippen LogP) is 4.25. The summed E-state index contributed by atoms with van der Waals surface area (Å²) in [7, 11) is 0. The maximum absolute atomic E-state index is 13.2. The molecule has 0 radical (unpaired) electrons. The first-order chi connectivity index (χ1) is 16.3. The normalized spacial score (nSPS) is 12.7. The number of aryl methyl sites for hydroxylation is 3. The molecule has 1 aliphatic rings. The first-order valence-electron chi connectivity index (χ1n) is 10.7. The van der Waals surface area contributed by atoms with Crippen LogP contribution in [0.25, 0.3) is 5.82 Å². The highest BCUT2D eigenvalue weighted by Crippen LogP contribution is 2.32. The van der Waals surface area contributed by atoms with Crippen molar-refractivity contribution >= 4 is 29.2 Å². The summed E-state index contributed by atoms with van der Waals surface area (Å²) >= 11 is 0. The van der Waals surface area contributed by atoms with Gasteiger partial charge in [0, 0.05) is 17.8 Å². The number of nitrogens with one attached hydrogen (secondary N) is 1. The Morgan fingerprint density at radius 3 is 2.44 bits per heavy atom. The summed E-state index contributed by atoms with van der Waals surface area (Å²) < 4.78 is 1.54. The SMILES string of the molecule is Cc1ccc(C)c(N2C(=O)c3ccc(C(=O)Nc4cc(C)nn4-c4ccccn4)cc3C2=O)c1. The highest BCUT2D eigenvalue weighted by atomic mass is 16.2. The fraction of sp³-hybridized carbons (Fsp3) is 0.115. The van der Waals surface area contributed by atoms with Gasteiger partial charge in [-0.2, -0.15) is 9.78 Å². The van der Waals surface area contributed by atoms with Gasteiger partial charge in [0.1, 0.15) is 5.82 Å². The number of carbonyl (C=O) groups is 3. The van der Waals surface area contributed by atoms with Crippen LogP contribution >= 0.6 is 0 Å². The molecule has 0 aliphatic carbocycles. The third-order valence-corrected chi connectivity index (χ3v) is 5.69. The van der Waals surface area contributed by atoms with Gasteiger partial charge in [-0.3, -0.25) is 14.4 Å². The smallest absolute Gasteiger partial charge is 0.266 e. The summed E-state index contributed by atoms with van der Waals surface area (Å²) in [5.74, 6) is -0.265. The highest BCUT2D eigenvalue weighted by Gasteiger charge is 2.37. The average molecular weight is 451 g/mol. The van der Waals surface area contributed by atoms with E-state index in [0.717, 1.165) is 11.1 Å². The van der Waals surface area contributed by atoms with Crippen molar-refractivity contribution in [2.24, 2.45) is 0 Å². The minimum absolute atomic E-state index is 0.202. The van der Waals surface area contributed by atoms with Crippen molar-refractivity contribution in [3.63, 3.8) is 0 Å². The maximum Gasteiger partial charge on any atom is 0.266 e. The van der Waals surface area contributed by atoms with E-state index in [9.17, 15) is 14.4 Å². The van der Waals surface area contributed by atoms with Crippen LogP contribution in [0.4, 0.5) is 11.5 Å². The van der Waals surface area contributed by atoms with Crippen LogP contribution < -0.4 is 10.2 Å². The highest BCUT2D eigenvalue weighted by molar-refractivity contribution is 6.35. The zero-order chi connectivity index (χ0) is 24.0. The number of fused-ring (bicyclic) bond motifs is 1. The Labute approximate surface area is 195 Å². The summed E-state index contributed by atoms with van der Waals surface area (Å²) in [6.45, 7) is 5.57. The Morgan fingerprint density at radius 2 is 1.68 bits per heavy atom. The second-order valence-corrected chi connectivity index (χ2v) is 8.22. The van der Waals surface area contributed by atoms with Crippen molar-refractivity contribution in [2.75, 3.05) is 10.2 Å². The number of nitrogens with zero attached hydrogens (tertiary/aromatic N) is 4. The predicted molar refractivity (Wildman–Crippen MR) is 128 cm³/mol. The summed E-state index contributed by atoms with van der Waals surface area (Å²) in [6.07, 6.45) is 1.64. The van der Waals surface area contributed by atoms with Crippen molar-refractivity contribution in [2.45, 2.75) is 20.8 Å². The fourth-order valence-electron chi connectivity index (χ4n) is 3.99. The molecule has 0 saturated heterocycles. The van der Waals surface area contributed by atoms with E-state index in [4.69, 9.17) is 0 Å². The molecule has 8 nitrogen and oxygen atoms in total. The van der Waals surface area contributed by atoms with Gasteiger partial charge in [0.15, 0.2) is 5.82 Å². The van der Waals surface area contributed by atoms with Gasteiger partial charge < -0.3 is 5.32 Å². The van der Waals surface area contributed by atoms with Gasteiger partial charge in [-0.15, -0.1) is 0 Å². The van der Waals surface area contributed by atoms with Crippen molar-refractivity contribution in [1.82, 2.24) is 14.8 Å². The Bertz CT molecular complexity index is 1470. The Balaban J connectivity index is 1.46. The molecular weight excluding hydrogens is 430 g/mol. The molecule has 0 atom stereocenters. The molecule has 1 N–H and O–H groups in total. The average Bonchev–Trinajstić information content (AvgIpc) is 3.32. The number of aromatic nitrogens is 3. The van der Waals surface area contributed by atoms with Gasteiger partial charge in [0.05, 0.1) is 22.5 Å². The van der Waals surface area contributed by atoms with Crippen LogP contribution in [0.1, 0.15) is 47.9 Å². The molecule has 0 unspecified atom stereocenters. The molecule has 0 spiro atoms. The Kier molecular flexibility index (Phi) is 5.05. The van der Waals surface area contributed by atoms with E-state index < -0.39 is 17.7 Å². The lowest BCUT2D eigenvalue weighted by Crippen LogP contribution is -2.30. The third-order valence-electron chi connectivity index (χ3n) is 5.69. The van der Waals surface area contributed by atoms with Gasteiger partial charge in [-0.1, -0.05) is 18.2 Å². The van der Waals surface area contributed by atoms with Gasteiger partial charge in [-0.05, 0) is 68.3 Å². The molecule has 0 fully saturated rings. The van der Waals surface area contributed by atoms with E-state index >= 15 is 0 Å². The summed E-state index contributed by atoms with van der Waals surface area (Å²) in [4.78, 5) is 44.7. The lowest BCUT2D eigenvalue weighted by atomic mass is 10.1. The number of anilines is 2. The minimum Gasteiger partial charge on any atom is -0.306 e. The van der Waals surface area contributed by atoms with Crippen molar-refractivity contribution in [1.29, 1.82) is 0 Å². The fourth-order valence-corrected chi connectivity index (χ4v) is 3.99. The second kappa shape index (κ2) is 8.08. The van der Waals surface area contributed by atoms with Crippen LogP contribution in [-0.4, -0.2) is 32.5 Å². The molecule has 0 saturated carbocycles. The van der Waals surface area contributed by atoms with Crippen molar-refractivity contribution in [3.8, 4) is 5.82 Å². The third kappa shape index (κ3) is 3.55. The number of pyridine rings is 1. The molecule has 4 aromatic rings. The van der Waals surface area contributed by atoms with Gasteiger partial charge >= 0.3 is 0 Å². The number of carbonyl (C=O) groups excluding carboxylic acids is 3. The first kappa shape index (κ1) is 21.3. The molecule has 1 aliphatic heterocycles. The van der Waals surface area contributed by atoms with Crippen LogP contribution in [0.2, 0.25) is 0 Å². The number of rotatable bonds is 4. The minimum atomic E-state index is -0.447. The van der Waals surface area contributed by atoms with Crippen LogP contribution in [0.15, 0.2) is 66.9 Å². The largest absolute Gasteiger partial charge is 0.306 e. The van der Waals surface area contributed by atoms with Crippen LogP contribution in [0.3, 0.4) is 0 Å². The van der Waals surface area contributed by atoms with E-state index in [0.29, 0.717) is 23.0 Å². The van der Waals surface area contributed by atoms with Crippen molar-refractivity contribution in [3.05, 3.63) is 100 Å². The molecule has 2 aromatic heterocycles. The zero-order valence-electron chi connectivity index (χ0n) is 18.9. The maximum atomic E-state index is 13.2. The molecule has 5 rings (SSSR count). The monoisotopic (exact) mass is 451 g/mol. The molecule has 2 aromatic carbocycles. The summed E-state index contributed by atoms with van der Waals surface area (Å²) in [5, 5.41) is 7.23. The van der Waals surface area contributed by atoms with Gasteiger partial charge in [0.25, 0.3) is 17.7 Å². The number of amides is 3. The van der Waals surface area contributed by atoms with E-state index in [2.05, 4.69) is 15.4 Å². The van der Waals surface area contributed by atoms with Crippen molar-refractivity contribution < 1.29 is 14.4 Å². The number of hydrogen-bond donors (Lipinski definition) is 1. The molecule has 8 heteroatoms. The van der Waals surface area contributed by atoms with E-state index in [-0.39, 0.29) is 16.7 Å². The van der Waals surface area contributed by atoms with Crippen LogP contribution in [0.5, 0.6) is 0 Å². The van der Waals surface area contributed by atoms with E-state index in [1.165, 1.54) is 21.7 Å². The van der Waals surface area contributed by atoms with Gasteiger partial charge in [-0.25, -0.2) is 9.88 Å². The molecule has 3 heterocycles. The Morgan fingerprint density at radius 1 is 0.882 bits per heavy atom. The standard InChI is InChI=1S/C26H21N5O3/c1-15-7-8-16(2)21(12-15)30-25(33)19-10-9-18(14-20(19)26(30)34)24(32)28-23-13-17(3)29-31(23)22-6-4-5-11-27-22/h4-14H,1-3H3,(H,28,32). The van der Waals surface area contributed by atoms with E-state index in [1.54, 1.807) is 30.5 Å². The lowest BCUT2D eigenvalue weighted by Gasteiger charge is -2.17. The number of hydrogen-bond acceptors (Lipinski definition) is 5. The molecular formula is C26H21N5O3. The van der Waals surface area contributed by atoms with Crippen LogP contribution in [-0.2, 0) is 0 Å². The zero-order valence-corrected chi connectivity index (χ0v) is 18.9. The number of benzene rings is 2. The van der Waals surface area contributed by atoms with Crippen LogP contribution in [0, 0.1) is 20.8 Å². The Hall–Kier alpha value is -4.59. The molecule has 0 bridgehead atoms. The second-order valence-electron chi connectivity index (χ2n) is 8.22. The van der Waals surface area contributed by atoms with Gasteiger partial charge in [0.2, 0.25) is 0 Å². The molecule has 34 heavy (non-hydrogen) atoms. The summed E-state index contributed by atoms with van der Waals surface area (Å²) in [6, 6.07) is 17.3. The first-order valence-corrected chi connectivity index (χ1v) is 10.7. The molecule has 3 amide bonds. The quantitative estimate of drug-likeness (QED) is 0.468. The summed E-state index contributed by atoms with van der Waals surface area (Å²) in [5.41, 5.74) is 3.75. The number of imide groups is 1. The lowest BCUT2D eigenvalue weighted by molar-refractivity contribution is 0.0925. The topological polar surface area (TPSA) is 97.2 Å². The molecule has 168 valence electrons. The van der Waals surface area contributed by atoms with E-state index in [1.807, 2.05) is 45.0 Å².